The molecule has 0 bridgehead atoms. The number of hydrogen-bond donors (Lipinski definition) is 2. The first kappa shape index (κ1) is 21.3. The van der Waals surface area contributed by atoms with Crippen LogP contribution in [0.1, 0.15) is 10.4 Å². The largest absolute Gasteiger partial charge is 0.354 e. The molecule has 0 spiro atoms. The number of aromatic nitrogens is 5. The molecule has 0 radical (unpaired) electrons. The number of amides is 1. The van der Waals surface area contributed by atoms with Crippen LogP contribution in [0.5, 0.6) is 0 Å². The van der Waals surface area contributed by atoms with Gasteiger partial charge in [0.1, 0.15) is 11.5 Å². The lowest BCUT2D eigenvalue weighted by molar-refractivity contribution is 0.102. The zero-order valence-corrected chi connectivity index (χ0v) is 19.7. The van der Waals surface area contributed by atoms with Gasteiger partial charge in [0, 0.05) is 68.2 Å². The van der Waals surface area contributed by atoms with Crippen molar-refractivity contribution in [3.05, 3.63) is 66.7 Å². The lowest BCUT2D eigenvalue weighted by Crippen LogP contribution is -2.44. The molecule has 1 saturated heterocycles. The van der Waals surface area contributed by atoms with Crippen LogP contribution in [0.4, 0.5) is 11.5 Å². The number of carbonyl (C=O) groups is 1. The summed E-state index contributed by atoms with van der Waals surface area (Å²) in [6.45, 7) is 3.95. The standard InChI is InChI=1S/C26H26N8O/c1-32-7-9-34(10-8-32)24-6-4-20(14-27-24)30-26(35)18-12-21-22(15-29-25(21)28-13-18)17-3-5-23-19(11-17)16-33(2)31-23/h3-6,11-16H,7-10H2,1-2H3,(H,28,29)(H,30,35). The topological polar surface area (TPSA) is 95.0 Å². The van der Waals surface area contributed by atoms with E-state index in [0.29, 0.717) is 11.3 Å². The van der Waals surface area contributed by atoms with E-state index in [1.165, 1.54) is 0 Å². The molecule has 176 valence electrons. The van der Waals surface area contributed by atoms with Crippen LogP contribution in [0.25, 0.3) is 33.1 Å². The molecular weight excluding hydrogens is 440 g/mol. The van der Waals surface area contributed by atoms with E-state index >= 15 is 0 Å². The number of piperazine rings is 1. The van der Waals surface area contributed by atoms with Gasteiger partial charge >= 0.3 is 0 Å². The average molecular weight is 467 g/mol. The van der Waals surface area contributed by atoms with Crippen molar-refractivity contribution in [1.29, 1.82) is 0 Å². The minimum atomic E-state index is -0.219. The van der Waals surface area contributed by atoms with Crippen molar-refractivity contribution in [2.45, 2.75) is 0 Å². The molecule has 35 heavy (non-hydrogen) atoms. The molecule has 1 aromatic carbocycles. The fourth-order valence-electron chi connectivity index (χ4n) is 4.57. The highest BCUT2D eigenvalue weighted by atomic mass is 16.1. The van der Waals surface area contributed by atoms with Crippen LogP contribution in [0.15, 0.2) is 61.2 Å². The summed E-state index contributed by atoms with van der Waals surface area (Å²) in [5, 5.41) is 9.35. The van der Waals surface area contributed by atoms with E-state index in [2.05, 4.69) is 48.3 Å². The van der Waals surface area contributed by atoms with Gasteiger partial charge < -0.3 is 20.1 Å². The number of aromatic amines is 1. The second-order valence-corrected chi connectivity index (χ2v) is 9.05. The van der Waals surface area contributed by atoms with Crippen LogP contribution in [0, 0.1) is 0 Å². The monoisotopic (exact) mass is 466 g/mol. The minimum Gasteiger partial charge on any atom is -0.354 e. The fraction of sp³-hybridized carbons (Fsp3) is 0.231. The third-order valence-electron chi connectivity index (χ3n) is 6.56. The Morgan fingerprint density at radius 1 is 1.00 bits per heavy atom. The second-order valence-electron chi connectivity index (χ2n) is 9.05. The van der Waals surface area contributed by atoms with Crippen LogP contribution < -0.4 is 10.2 Å². The number of hydrogen-bond acceptors (Lipinski definition) is 6. The van der Waals surface area contributed by atoms with Gasteiger partial charge in [0.2, 0.25) is 0 Å². The van der Waals surface area contributed by atoms with E-state index < -0.39 is 0 Å². The summed E-state index contributed by atoms with van der Waals surface area (Å²) in [6, 6.07) is 11.9. The van der Waals surface area contributed by atoms with Gasteiger partial charge in [0.15, 0.2) is 0 Å². The summed E-state index contributed by atoms with van der Waals surface area (Å²) in [7, 11) is 4.04. The number of H-pyrrole nitrogens is 1. The predicted molar refractivity (Wildman–Crippen MR) is 138 cm³/mol. The molecule has 1 aliphatic rings. The van der Waals surface area contributed by atoms with Gasteiger partial charge in [-0.3, -0.25) is 9.48 Å². The van der Waals surface area contributed by atoms with Gasteiger partial charge in [-0.2, -0.15) is 5.10 Å². The molecule has 9 heteroatoms. The molecule has 4 aromatic heterocycles. The molecule has 0 atom stereocenters. The summed E-state index contributed by atoms with van der Waals surface area (Å²) in [5.41, 5.74) is 4.86. The van der Waals surface area contributed by atoms with E-state index in [1.807, 2.05) is 49.8 Å². The van der Waals surface area contributed by atoms with Crippen LogP contribution in [0.3, 0.4) is 0 Å². The Morgan fingerprint density at radius 3 is 2.66 bits per heavy atom. The maximum atomic E-state index is 13.0. The van der Waals surface area contributed by atoms with Crippen LogP contribution >= 0.6 is 0 Å². The maximum absolute atomic E-state index is 13.0. The Morgan fingerprint density at radius 2 is 1.86 bits per heavy atom. The lowest BCUT2D eigenvalue weighted by Gasteiger charge is -2.33. The van der Waals surface area contributed by atoms with Crippen LogP contribution in [-0.2, 0) is 7.05 Å². The summed E-state index contributed by atoms with van der Waals surface area (Å²) >= 11 is 0. The lowest BCUT2D eigenvalue weighted by atomic mass is 10.0. The van der Waals surface area contributed by atoms with Crippen molar-refractivity contribution in [3.63, 3.8) is 0 Å². The van der Waals surface area contributed by atoms with E-state index in [0.717, 1.165) is 65.1 Å². The Bertz CT molecular complexity index is 1530. The van der Waals surface area contributed by atoms with Gasteiger partial charge in [-0.25, -0.2) is 9.97 Å². The minimum absolute atomic E-state index is 0.219. The van der Waals surface area contributed by atoms with E-state index in [9.17, 15) is 4.79 Å². The zero-order chi connectivity index (χ0) is 23.9. The first-order valence-corrected chi connectivity index (χ1v) is 11.7. The van der Waals surface area contributed by atoms with Gasteiger partial charge in [-0.15, -0.1) is 0 Å². The van der Waals surface area contributed by atoms with E-state index in [-0.39, 0.29) is 5.91 Å². The number of aryl methyl sites for hydroxylation is 1. The van der Waals surface area contributed by atoms with Crippen molar-refractivity contribution >= 4 is 39.3 Å². The number of nitrogens with one attached hydrogen (secondary N) is 2. The number of fused-ring (bicyclic) bond motifs is 2. The summed E-state index contributed by atoms with van der Waals surface area (Å²) < 4.78 is 1.81. The molecule has 9 nitrogen and oxygen atoms in total. The third kappa shape index (κ3) is 4.10. The molecule has 5 aromatic rings. The number of benzene rings is 1. The normalized spacial score (nSPS) is 14.6. The molecule has 2 N–H and O–H groups in total. The molecule has 5 heterocycles. The van der Waals surface area contributed by atoms with Gasteiger partial charge in [-0.05, 0) is 42.9 Å². The summed E-state index contributed by atoms with van der Waals surface area (Å²) in [5.74, 6) is 0.713. The molecule has 0 aliphatic carbocycles. The number of pyridine rings is 2. The number of rotatable bonds is 4. The molecule has 1 fully saturated rings. The Labute approximate surface area is 202 Å². The van der Waals surface area contributed by atoms with Crippen LogP contribution in [0.2, 0.25) is 0 Å². The van der Waals surface area contributed by atoms with Crippen molar-refractivity contribution in [2.75, 3.05) is 43.4 Å². The zero-order valence-electron chi connectivity index (χ0n) is 19.7. The second kappa shape index (κ2) is 8.52. The number of carbonyl (C=O) groups excluding carboxylic acids is 1. The maximum Gasteiger partial charge on any atom is 0.257 e. The quantitative estimate of drug-likeness (QED) is 0.421. The van der Waals surface area contributed by atoms with Crippen molar-refractivity contribution in [1.82, 2.24) is 29.6 Å². The molecule has 0 unspecified atom stereocenters. The van der Waals surface area contributed by atoms with Gasteiger partial charge in [0.05, 0.1) is 23.0 Å². The highest BCUT2D eigenvalue weighted by Crippen LogP contribution is 2.30. The molecule has 1 amide bonds. The summed E-state index contributed by atoms with van der Waals surface area (Å²) in [6.07, 6.45) is 7.22. The highest BCUT2D eigenvalue weighted by Gasteiger charge is 2.16. The molecule has 6 rings (SSSR count). The van der Waals surface area contributed by atoms with Crippen molar-refractivity contribution < 1.29 is 4.79 Å². The van der Waals surface area contributed by atoms with Crippen LogP contribution in [-0.4, -0.2) is 68.8 Å². The Balaban J connectivity index is 1.23. The van der Waals surface area contributed by atoms with Crippen molar-refractivity contribution in [2.24, 2.45) is 7.05 Å². The first-order valence-electron chi connectivity index (χ1n) is 11.7. The predicted octanol–water partition coefficient (Wildman–Crippen LogP) is 3.52. The Kier molecular flexibility index (Phi) is 5.18. The average Bonchev–Trinajstić information content (AvgIpc) is 3.46. The van der Waals surface area contributed by atoms with Crippen molar-refractivity contribution in [3.8, 4) is 11.1 Å². The van der Waals surface area contributed by atoms with E-state index in [1.54, 1.807) is 17.1 Å². The highest BCUT2D eigenvalue weighted by molar-refractivity contribution is 6.07. The number of likely N-dealkylation sites (N-methyl/N-ethyl adjacent to an activating group) is 1. The smallest absolute Gasteiger partial charge is 0.257 e. The molecular formula is C26H26N8O. The molecule has 1 aliphatic heterocycles. The number of anilines is 2. The SMILES string of the molecule is CN1CCN(c2ccc(NC(=O)c3cnc4[nH]cc(-c5ccc6nn(C)cc6c5)c4c3)cn2)CC1. The fourth-order valence-corrected chi connectivity index (χ4v) is 4.57. The van der Waals surface area contributed by atoms with Gasteiger partial charge in [-0.1, -0.05) is 6.07 Å². The molecule has 0 saturated carbocycles. The van der Waals surface area contributed by atoms with Gasteiger partial charge in [0.25, 0.3) is 5.91 Å². The summed E-state index contributed by atoms with van der Waals surface area (Å²) in [4.78, 5) is 29.8. The van der Waals surface area contributed by atoms with E-state index in [4.69, 9.17) is 0 Å². The Hall–Kier alpha value is -4.24. The first-order chi connectivity index (χ1) is 17.0. The number of nitrogens with zero attached hydrogens (tertiary/aromatic N) is 6. The third-order valence-corrected chi connectivity index (χ3v) is 6.56.